The number of pyridine rings is 1. The molecule has 2 aromatic carbocycles. The Morgan fingerprint density at radius 2 is 1.95 bits per heavy atom. The number of halogens is 1. The van der Waals surface area contributed by atoms with Gasteiger partial charge >= 0.3 is 0 Å². The van der Waals surface area contributed by atoms with E-state index in [0.717, 1.165) is 30.8 Å². The Balaban J connectivity index is 1.36. The molecule has 10 heteroatoms. The number of fused-ring (bicyclic) bond motifs is 1. The lowest BCUT2D eigenvalue weighted by Crippen LogP contribution is -2.50. The predicted molar refractivity (Wildman–Crippen MR) is 161 cm³/mol. The molecule has 1 aliphatic heterocycles. The zero-order chi connectivity index (χ0) is 29.2. The smallest absolute Gasteiger partial charge is 0.268 e. The van der Waals surface area contributed by atoms with Crippen molar-refractivity contribution in [3.05, 3.63) is 105 Å². The number of anilines is 3. The Hall–Kier alpha value is -5.01. The summed E-state index contributed by atoms with van der Waals surface area (Å²) < 4.78 is 22.1. The molecule has 1 unspecified atom stereocenters. The molecule has 6 rings (SSSR count). The monoisotopic (exact) mass is 563 g/mol. The van der Waals surface area contributed by atoms with Crippen LogP contribution in [0.3, 0.4) is 0 Å². The highest BCUT2D eigenvalue weighted by atomic mass is 19.1. The lowest BCUT2D eigenvalue weighted by atomic mass is 10.1. The minimum Gasteiger partial charge on any atom is -0.448 e. The Bertz CT molecular complexity index is 1890. The van der Waals surface area contributed by atoms with Gasteiger partial charge in [0.15, 0.2) is 6.39 Å². The number of aryl methyl sites for hydroxylation is 2. The van der Waals surface area contributed by atoms with E-state index in [-0.39, 0.29) is 29.9 Å². The van der Waals surface area contributed by atoms with E-state index < -0.39 is 0 Å². The fourth-order valence-electron chi connectivity index (χ4n) is 5.01. The maximum absolute atomic E-state index is 15.2. The van der Waals surface area contributed by atoms with Crippen LogP contribution < -0.4 is 21.1 Å². The normalized spacial score (nSPS) is 15.0. The van der Waals surface area contributed by atoms with E-state index in [4.69, 9.17) is 4.42 Å². The molecule has 1 atom stereocenters. The van der Waals surface area contributed by atoms with Gasteiger partial charge in [0, 0.05) is 48.5 Å². The van der Waals surface area contributed by atoms with Crippen LogP contribution in [0.5, 0.6) is 0 Å². The lowest BCUT2D eigenvalue weighted by Gasteiger charge is -2.36. The SMILES string of the molecule is Cc1ccc(C#Cc2cc3cnc(Nc4ccc(N5CCNCC5C)c(F)c4)nc3n(Cc3ncoc3C)c2=O)cc1. The third-order valence-corrected chi connectivity index (χ3v) is 7.39. The van der Waals surface area contributed by atoms with E-state index >= 15 is 4.39 Å². The van der Waals surface area contributed by atoms with Gasteiger partial charge in [0.2, 0.25) is 5.95 Å². The summed E-state index contributed by atoms with van der Waals surface area (Å²) in [5, 5.41) is 7.04. The third kappa shape index (κ3) is 5.60. The van der Waals surface area contributed by atoms with E-state index in [1.807, 2.05) is 31.2 Å². The maximum atomic E-state index is 15.2. The number of hydrogen-bond acceptors (Lipinski definition) is 8. The van der Waals surface area contributed by atoms with Crippen LogP contribution in [0.25, 0.3) is 11.0 Å². The summed E-state index contributed by atoms with van der Waals surface area (Å²) in [5.74, 6) is 6.61. The molecule has 9 nitrogen and oxygen atoms in total. The third-order valence-electron chi connectivity index (χ3n) is 7.39. The quantitative estimate of drug-likeness (QED) is 0.301. The topological polar surface area (TPSA) is 101 Å². The minimum atomic E-state index is -0.329. The lowest BCUT2D eigenvalue weighted by molar-refractivity contribution is 0.491. The second kappa shape index (κ2) is 11.5. The molecule has 1 aliphatic rings. The van der Waals surface area contributed by atoms with Crippen molar-refractivity contribution in [3.8, 4) is 11.8 Å². The average molecular weight is 564 g/mol. The standard InChI is InChI=1S/C32H30FN7O2/c1-20-4-6-23(7-5-20)8-9-24-14-25-17-35-32(38-30(25)40(31(24)41)18-28-22(3)42-19-36-28)37-26-10-11-29(27(33)15-26)39-13-12-34-16-21(39)2/h4-7,10-11,14-15,17,19,21,34H,12-13,16,18H2,1-3H3,(H,35,37,38). The van der Waals surface area contributed by atoms with Gasteiger partial charge in [0.1, 0.15) is 22.9 Å². The van der Waals surface area contributed by atoms with Gasteiger partial charge in [-0.1, -0.05) is 29.5 Å². The van der Waals surface area contributed by atoms with Crippen LogP contribution in [-0.2, 0) is 6.54 Å². The number of rotatable bonds is 5. The van der Waals surface area contributed by atoms with Gasteiger partial charge in [0.05, 0.1) is 17.8 Å². The van der Waals surface area contributed by atoms with Crippen molar-refractivity contribution in [2.24, 2.45) is 0 Å². The largest absolute Gasteiger partial charge is 0.448 e. The molecule has 1 fully saturated rings. The second-order valence-electron chi connectivity index (χ2n) is 10.4. The molecule has 5 aromatic rings. The minimum absolute atomic E-state index is 0.139. The van der Waals surface area contributed by atoms with Crippen LogP contribution in [0.1, 0.15) is 35.1 Å². The van der Waals surface area contributed by atoms with E-state index in [1.54, 1.807) is 31.3 Å². The molecule has 4 heterocycles. The number of nitrogens with zero attached hydrogens (tertiary/aromatic N) is 5. The molecule has 0 spiro atoms. The van der Waals surface area contributed by atoms with Crippen LogP contribution in [0.2, 0.25) is 0 Å². The highest BCUT2D eigenvalue weighted by molar-refractivity contribution is 5.78. The Morgan fingerprint density at radius 1 is 1.12 bits per heavy atom. The molecule has 0 saturated carbocycles. The predicted octanol–water partition coefficient (Wildman–Crippen LogP) is 4.53. The van der Waals surface area contributed by atoms with E-state index in [2.05, 4.69) is 49.3 Å². The van der Waals surface area contributed by atoms with Crippen LogP contribution >= 0.6 is 0 Å². The van der Waals surface area contributed by atoms with Gasteiger partial charge in [0.25, 0.3) is 5.56 Å². The zero-order valence-electron chi connectivity index (χ0n) is 23.6. The first-order valence-corrected chi connectivity index (χ1v) is 13.8. The number of hydrogen-bond donors (Lipinski definition) is 2. The van der Waals surface area contributed by atoms with E-state index in [1.165, 1.54) is 17.0 Å². The summed E-state index contributed by atoms with van der Waals surface area (Å²) >= 11 is 0. The van der Waals surface area contributed by atoms with Crippen LogP contribution in [0.4, 0.5) is 21.7 Å². The first-order chi connectivity index (χ1) is 20.4. The van der Waals surface area contributed by atoms with Crippen LogP contribution in [0.15, 0.2) is 70.3 Å². The summed E-state index contributed by atoms with van der Waals surface area (Å²) in [6, 6.07) is 14.7. The summed E-state index contributed by atoms with van der Waals surface area (Å²) in [6.07, 6.45) is 2.97. The van der Waals surface area contributed by atoms with Crippen molar-refractivity contribution in [1.82, 2.24) is 24.8 Å². The maximum Gasteiger partial charge on any atom is 0.268 e. The first kappa shape index (κ1) is 27.2. The number of piperazine rings is 1. The number of nitrogens with one attached hydrogen (secondary N) is 2. The highest BCUT2D eigenvalue weighted by Crippen LogP contribution is 2.27. The number of oxazole rings is 1. The van der Waals surface area contributed by atoms with Gasteiger partial charge < -0.3 is 20.0 Å². The van der Waals surface area contributed by atoms with Crippen molar-refractivity contribution in [1.29, 1.82) is 0 Å². The summed E-state index contributed by atoms with van der Waals surface area (Å²) in [6.45, 7) is 8.35. The Morgan fingerprint density at radius 3 is 2.69 bits per heavy atom. The molecule has 0 radical (unpaired) electrons. The van der Waals surface area contributed by atoms with Gasteiger partial charge in [-0.15, -0.1) is 0 Å². The van der Waals surface area contributed by atoms with E-state index in [0.29, 0.717) is 39.4 Å². The van der Waals surface area contributed by atoms with Gasteiger partial charge in [-0.05, 0) is 57.2 Å². The summed E-state index contributed by atoms with van der Waals surface area (Å²) in [5.41, 5.74) is 4.00. The zero-order valence-corrected chi connectivity index (χ0v) is 23.6. The van der Waals surface area contributed by atoms with Crippen LogP contribution in [-0.4, -0.2) is 45.2 Å². The van der Waals surface area contributed by atoms with Crippen molar-refractivity contribution >= 4 is 28.4 Å². The molecule has 42 heavy (non-hydrogen) atoms. The van der Waals surface area contributed by atoms with Crippen molar-refractivity contribution in [2.45, 2.75) is 33.4 Å². The molecule has 0 aliphatic carbocycles. The fourth-order valence-corrected chi connectivity index (χ4v) is 5.01. The summed E-state index contributed by atoms with van der Waals surface area (Å²) in [4.78, 5) is 29.1. The first-order valence-electron chi connectivity index (χ1n) is 13.8. The Kier molecular flexibility index (Phi) is 7.42. The summed E-state index contributed by atoms with van der Waals surface area (Å²) in [7, 11) is 0. The Labute approximate surface area is 242 Å². The number of benzene rings is 2. The molecule has 212 valence electrons. The van der Waals surface area contributed by atoms with Crippen molar-refractivity contribution in [3.63, 3.8) is 0 Å². The fraction of sp³-hybridized carbons (Fsp3) is 0.250. The van der Waals surface area contributed by atoms with Gasteiger partial charge in [-0.25, -0.2) is 14.4 Å². The second-order valence-corrected chi connectivity index (χ2v) is 10.4. The van der Waals surface area contributed by atoms with E-state index in [9.17, 15) is 4.79 Å². The number of aromatic nitrogens is 4. The molecular weight excluding hydrogens is 533 g/mol. The molecule has 0 amide bonds. The molecule has 0 bridgehead atoms. The molecule has 1 saturated heterocycles. The molecular formula is C32H30FN7O2. The van der Waals surface area contributed by atoms with Crippen molar-refractivity contribution in [2.75, 3.05) is 29.9 Å². The van der Waals surface area contributed by atoms with Crippen LogP contribution in [0, 0.1) is 31.5 Å². The van der Waals surface area contributed by atoms with Gasteiger partial charge in [-0.2, -0.15) is 4.98 Å². The van der Waals surface area contributed by atoms with Gasteiger partial charge in [-0.3, -0.25) is 9.36 Å². The molecule has 3 aromatic heterocycles. The highest BCUT2D eigenvalue weighted by Gasteiger charge is 2.21. The molecule has 2 N–H and O–H groups in total. The average Bonchev–Trinajstić information content (AvgIpc) is 3.39. The van der Waals surface area contributed by atoms with Crippen molar-refractivity contribution < 1.29 is 8.81 Å².